The van der Waals surface area contributed by atoms with Gasteiger partial charge >= 0.3 is 6.18 Å². The average Bonchev–Trinajstić information content (AvgIpc) is 3.18. The fourth-order valence-electron chi connectivity index (χ4n) is 3.03. The van der Waals surface area contributed by atoms with Crippen molar-refractivity contribution < 1.29 is 22.4 Å². The number of amides is 1. The normalized spacial score (nSPS) is 11.5. The van der Waals surface area contributed by atoms with Gasteiger partial charge in [-0.1, -0.05) is 0 Å². The van der Waals surface area contributed by atoms with E-state index in [1.54, 1.807) is 12.1 Å². The number of alkyl halides is 3. The molecule has 2 heterocycles. The zero-order chi connectivity index (χ0) is 22.6. The van der Waals surface area contributed by atoms with Crippen LogP contribution >= 0.6 is 0 Å². The van der Waals surface area contributed by atoms with Crippen LogP contribution in [0.15, 0.2) is 53.5 Å². The molecule has 0 atom stereocenters. The lowest BCUT2D eigenvalue weighted by Crippen LogP contribution is -2.36. The first-order valence-corrected chi connectivity index (χ1v) is 9.46. The predicted octanol–water partition coefficient (Wildman–Crippen LogP) is 3.49. The molecular formula is C21H20F4N4O2. The number of halogens is 4. The third-order valence-corrected chi connectivity index (χ3v) is 4.77. The molecule has 0 bridgehead atoms. The van der Waals surface area contributed by atoms with E-state index in [0.29, 0.717) is 31.1 Å². The summed E-state index contributed by atoms with van der Waals surface area (Å²) in [7, 11) is 1.53. The zero-order valence-corrected chi connectivity index (χ0v) is 16.6. The van der Waals surface area contributed by atoms with Crippen LogP contribution in [0.5, 0.6) is 0 Å². The van der Waals surface area contributed by atoms with Gasteiger partial charge in [-0.25, -0.2) is 4.39 Å². The molecule has 1 N–H and O–H groups in total. The molecule has 10 heteroatoms. The molecule has 1 amide bonds. The van der Waals surface area contributed by atoms with Crippen LogP contribution in [0.4, 0.5) is 17.6 Å². The fourth-order valence-corrected chi connectivity index (χ4v) is 3.03. The van der Waals surface area contributed by atoms with Crippen LogP contribution in [0.2, 0.25) is 0 Å². The lowest BCUT2D eigenvalue weighted by molar-refractivity contribution is -0.139. The number of aromatic nitrogens is 3. The number of hydrogen-bond acceptors (Lipinski definition) is 3. The fraction of sp³-hybridized carbons (Fsp3) is 0.286. The summed E-state index contributed by atoms with van der Waals surface area (Å²) in [5, 5.41) is 7.07. The second-order valence-electron chi connectivity index (χ2n) is 7.06. The van der Waals surface area contributed by atoms with E-state index < -0.39 is 29.8 Å². The minimum Gasteiger partial charge on any atom is -0.344 e. The van der Waals surface area contributed by atoms with Gasteiger partial charge < -0.3 is 9.47 Å². The van der Waals surface area contributed by atoms with E-state index in [1.165, 1.54) is 24.1 Å². The van der Waals surface area contributed by atoms with E-state index >= 15 is 0 Å². The lowest BCUT2D eigenvalue weighted by atomic mass is 10.1. The summed E-state index contributed by atoms with van der Waals surface area (Å²) in [5.41, 5.74) is -0.287. The Hall–Kier alpha value is -3.43. The van der Waals surface area contributed by atoms with Gasteiger partial charge in [0.25, 0.3) is 5.56 Å². The number of hydrogen-bond donors (Lipinski definition) is 1. The number of aromatic amines is 1. The zero-order valence-electron chi connectivity index (χ0n) is 16.6. The maximum atomic E-state index is 13.0. The van der Waals surface area contributed by atoms with Crippen LogP contribution in [-0.2, 0) is 23.9 Å². The highest BCUT2D eigenvalue weighted by atomic mass is 19.4. The van der Waals surface area contributed by atoms with Crippen molar-refractivity contribution in [3.8, 4) is 11.3 Å². The predicted molar refractivity (Wildman–Crippen MR) is 106 cm³/mol. The Bertz CT molecular complexity index is 1100. The number of rotatable bonds is 7. The van der Waals surface area contributed by atoms with E-state index in [1.807, 2.05) is 6.07 Å². The van der Waals surface area contributed by atoms with E-state index in [2.05, 4.69) is 10.2 Å². The smallest absolute Gasteiger partial charge is 0.344 e. The van der Waals surface area contributed by atoms with Crippen molar-refractivity contribution in [2.75, 3.05) is 13.6 Å². The van der Waals surface area contributed by atoms with Gasteiger partial charge in [0.2, 0.25) is 5.91 Å². The topological polar surface area (TPSA) is 71.0 Å². The molecule has 3 aromatic rings. The quantitative estimate of drug-likeness (QED) is 0.577. The number of carbonyl (C=O) groups excluding carboxylic acids is 1. The Kier molecular flexibility index (Phi) is 6.57. The molecule has 0 spiro atoms. The van der Waals surface area contributed by atoms with Crippen molar-refractivity contribution in [2.45, 2.75) is 25.6 Å². The van der Waals surface area contributed by atoms with Gasteiger partial charge in [-0.15, -0.1) is 0 Å². The van der Waals surface area contributed by atoms with Gasteiger partial charge in [-0.3, -0.25) is 14.7 Å². The number of likely N-dealkylation sites (N-methyl/N-ethyl adjacent to an activating group) is 1. The Morgan fingerprint density at radius 2 is 1.90 bits per heavy atom. The largest absolute Gasteiger partial charge is 0.421 e. The summed E-state index contributed by atoms with van der Waals surface area (Å²) in [5.74, 6) is -0.808. The van der Waals surface area contributed by atoms with Gasteiger partial charge in [-0.2, -0.15) is 18.3 Å². The highest BCUT2D eigenvalue weighted by Gasteiger charge is 2.34. The van der Waals surface area contributed by atoms with Crippen LogP contribution in [0.1, 0.15) is 17.7 Å². The first-order chi connectivity index (χ1) is 14.6. The van der Waals surface area contributed by atoms with Crippen molar-refractivity contribution in [2.24, 2.45) is 0 Å². The number of carbonyl (C=O) groups is 1. The van der Waals surface area contributed by atoms with Gasteiger partial charge in [0.15, 0.2) is 0 Å². The maximum absolute atomic E-state index is 13.0. The molecule has 0 aliphatic rings. The molecule has 1 aromatic carbocycles. The molecule has 0 saturated heterocycles. The third-order valence-electron chi connectivity index (χ3n) is 4.77. The number of aryl methyl sites for hydroxylation is 1. The molecule has 31 heavy (non-hydrogen) atoms. The molecule has 0 aliphatic heterocycles. The van der Waals surface area contributed by atoms with Crippen LogP contribution < -0.4 is 5.56 Å². The minimum atomic E-state index is -4.77. The molecule has 164 valence electrons. The molecule has 0 aliphatic carbocycles. The SMILES string of the molecule is CN(CCCc1cc(-c2ccc(F)cc2)n[nH]1)C(=O)Cn1cccc(C(F)(F)F)c1=O. The standard InChI is InChI=1S/C21H20F4N4O2/c1-28(19(30)13-29-11-3-5-17(20(29)31)21(23,24)25)10-2-4-16-12-18(27-26-16)14-6-8-15(22)9-7-14/h3,5-9,11-12H,2,4,10,13H2,1H3,(H,26,27). The van der Waals surface area contributed by atoms with Crippen LogP contribution in [0, 0.1) is 5.82 Å². The Labute approximate surface area is 175 Å². The van der Waals surface area contributed by atoms with Crippen LogP contribution in [-0.4, -0.2) is 39.2 Å². The molecule has 2 aromatic heterocycles. The summed E-state index contributed by atoms with van der Waals surface area (Å²) in [4.78, 5) is 25.6. The lowest BCUT2D eigenvalue weighted by Gasteiger charge is -2.18. The van der Waals surface area contributed by atoms with Gasteiger partial charge in [0, 0.05) is 31.0 Å². The maximum Gasteiger partial charge on any atom is 0.421 e. The van der Waals surface area contributed by atoms with E-state index in [0.717, 1.165) is 28.1 Å². The third kappa shape index (κ3) is 5.59. The van der Waals surface area contributed by atoms with Crippen molar-refractivity contribution in [1.29, 1.82) is 0 Å². The number of benzene rings is 1. The number of nitrogens with zero attached hydrogens (tertiary/aromatic N) is 3. The minimum absolute atomic E-state index is 0.334. The summed E-state index contributed by atoms with van der Waals surface area (Å²) in [6.45, 7) is -0.129. The van der Waals surface area contributed by atoms with Crippen molar-refractivity contribution in [3.63, 3.8) is 0 Å². The van der Waals surface area contributed by atoms with E-state index in [4.69, 9.17) is 0 Å². The number of pyridine rings is 1. The van der Waals surface area contributed by atoms with E-state index in [-0.39, 0.29) is 5.82 Å². The summed E-state index contributed by atoms with van der Waals surface area (Å²) < 4.78 is 52.3. The van der Waals surface area contributed by atoms with Crippen molar-refractivity contribution in [1.82, 2.24) is 19.7 Å². The average molecular weight is 436 g/mol. The molecule has 6 nitrogen and oxygen atoms in total. The van der Waals surface area contributed by atoms with Crippen LogP contribution in [0.25, 0.3) is 11.3 Å². The molecule has 0 radical (unpaired) electrons. The molecule has 0 saturated carbocycles. The number of H-pyrrole nitrogens is 1. The Morgan fingerprint density at radius 1 is 1.19 bits per heavy atom. The second kappa shape index (κ2) is 9.15. The highest BCUT2D eigenvalue weighted by Crippen LogP contribution is 2.26. The summed E-state index contributed by atoms with van der Waals surface area (Å²) >= 11 is 0. The van der Waals surface area contributed by atoms with Gasteiger partial charge in [0.05, 0.1) is 5.69 Å². The summed E-state index contributed by atoms with van der Waals surface area (Å²) in [6, 6.07) is 9.55. The molecular weight excluding hydrogens is 416 g/mol. The second-order valence-corrected chi connectivity index (χ2v) is 7.06. The van der Waals surface area contributed by atoms with Crippen molar-refractivity contribution in [3.05, 3.63) is 76.1 Å². The molecule has 3 rings (SSSR count). The Balaban J connectivity index is 1.53. The first-order valence-electron chi connectivity index (χ1n) is 9.46. The van der Waals surface area contributed by atoms with E-state index in [9.17, 15) is 27.2 Å². The Morgan fingerprint density at radius 3 is 2.58 bits per heavy atom. The summed E-state index contributed by atoms with van der Waals surface area (Å²) in [6.07, 6.45) is -2.46. The first kappa shape index (κ1) is 22.3. The molecule has 0 unspecified atom stereocenters. The van der Waals surface area contributed by atoms with Gasteiger partial charge in [0.1, 0.15) is 17.9 Å². The number of nitrogens with one attached hydrogen (secondary N) is 1. The monoisotopic (exact) mass is 436 g/mol. The van der Waals surface area contributed by atoms with Gasteiger partial charge in [-0.05, 0) is 55.3 Å². The molecule has 0 fully saturated rings. The highest BCUT2D eigenvalue weighted by molar-refractivity contribution is 5.75. The van der Waals surface area contributed by atoms with Crippen LogP contribution in [0.3, 0.4) is 0 Å². The van der Waals surface area contributed by atoms with Crippen molar-refractivity contribution >= 4 is 5.91 Å².